The van der Waals surface area contributed by atoms with Gasteiger partial charge < -0.3 is 9.88 Å². The highest BCUT2D eigenvalue weighted by molar-refractivity contribution is 6.44. The van der Waals surface area contributed by atoms with Crippen molar-refractivity contribution in [3.05, 3.63) is 75.8 Å². The van der Waals surface area contributed by atoms with Crippen molar-refractivity contribution in [3.8, 4) is 5.69 Å². The first-order valence-electron chi connectivity index (χ1n) is 7.35. The molecule has 6 heteroatoms. The van der Waals surface area contributed by atoms with Gasteiger partial charge in [-0.05, 0) is 38.1 Å². The molecular weight excluding hydrogens is 345 g/mol. The van der Waals surface area contributed by atoms with Gasteiger partial charge in [0, 0.05) is 5.69 Å². The van der Waals surface area contributed by atoms with E-state index >= 15 is 0 Å². The van der Waals surface area contributed by atoms with Crippen molar-refractivity contribution >= 4 is 34.8 Å². The van der Waals surface area contributed by atoms with E-state index in [4.69, 9.17) is 23.2 Å². The zero-order chi connectivity index (χ0) is 17.3. The number of amides is 1. The molecule has 0 spiro atoms. The van der Waals surface area contributed by atoms with Crippen LogP contribution in [0.4, 0.5) is 5.69 Å². The smallest absolute Gasteiger partial charge is 0.276 e. The summed E-state index contributed by atoms with van der Waals surface area (Å²) in [7, 11) is 0. The zero-order valence-corrected chi connectivity index (χ0v) is 14.7. The summed E-state index contributed by atoms with van der Waals surface area (Å²) in [5.41, 5.74) is 2.53. The van der Waals surface area contributed by atoms with Gasteiger partial charge in [0.1, 0.15) is 11.5 Å². The second-order valence-electron chi connectivity index (χ2n) is 5.32. The van der Waals surface area contributed by atoms with Gasteiger partial charge in [-0.15, -0.1) is 0 Å². The molecule has 0 aliphatic heterocycles. The molecule has 1 N–H and O–H groups in total. The summed E-state index contributed by atoms with van der Waals surface area (Å²) in [5, 5.41) is 3.46. The lowest BCUT2D eigenvalue weighted by atomic mass is 10.2. The second-order valence-corrected chi connectivity index (χ2v) is 6.10. The number of rotatable bonds is 3. The standard InChI is InChI=1S/C18H15Cl2N3O/c1-11-17(18(24)22-15-10-6-9-14(19)16(15)20)21-12(2)23(11)13-7-4-3-5-8-13/h3-10H,1-2H3,(H,22,24). The molecule has 0 fully saturated rings. The van der Waals surface area contributed by atoms with Gasteiger partial charge >= 0.3 is 0 Å². The molecule has 0 radical (unpaired) electrons. The fourth-order valence-corrected chi connectivity index (χ4v) is 2.94. The summed E-state index contributed by atoms with van der Waals surface area (Å²) in [6.45, 7) is 3.73. The fraction of sp³-hybridized carbons (Fsp3) is 0.111. The summed E-state index contributed by atoms with van der Waals surface area (Å²) in [6.07, 6.45) is 0. The highest BCUT2D eigenvalue weighted by atomic mass is 35.5. The number of nitrogens with zero attached hydrogens (tertiary/aromatic N) is 2. The summed E-state index contributed by atoms with van der Waals surface area (Å²) in [5.74, 6) is 0.412. The minimum absolute atomic E-state index is 0.310. The van der Waals surface area contributed by atoms with Crippen molar-refractivity contribution in [1.82, 2.24) is 9.55 Å². The van der Waals surface area contributed by atoms with Gasteiger partial charge in [-0.1, -0.05) is 47.5 Å². The van der Waals surface area contributed by atoms with Crippen molar-refractivity contribution in [2.75, 3.05) is 5.32 Å². The SMILES string of the molecule is Cc1nc(C(=O)Nc2cccc(Cl)c2Cl)c(C)n1-c1ccccc1. The van der Waals surface area contributed by atoms with Crippen LogP contribution in [-0.2, 0) is 0 Å². The number of nitrogens with one attached hydrogen (secondary N) is 1. The van der Waals surface area contributed by atoms with E-state index in [2.05, 4.69) is 10.3 Å². The third-order valence-corrected chi connectivity index (χ3v) is 4.52. The van der Waals surface area contributed by atoms with Crippen molar-refractivity contribution in [2.24, 2.45) is 0 Å². The van der Waals surface area contributed by atoms with E-state index in [1.54, 1.807) is 18.2 Å². The molecule has 4 nitrogen and oxygen atoms in total. The first-order valence-corrected chi connectivity index (χ1v) is 8.11. The Morgan fingerprint density at radius 2 is 1.75 bits per heavy atom. The lowest BCUT2D eigenvalue weighted by Crippen LogP contribution is -2.14. The van der Waals surface area contributed by atoms with Crippen molar-refractivity contribution in [2.45, 2.75) is 13.8 Å². The second kappa shape index (κ2) is 6.67. The van der Waals surface area contributed by atoms with Gasteiger partial charge in [0.2, 0.25) is 0 Å². The Bertz CT molecular complexity index is 904. The van der Waals surface area contributed by atoms with E-state index in [1.165, 1.54) is 0 Å². The first-order chi connectivity index (χ1) is 11.5. The lowest BCUT2D eigenvalue weighted by Gasteiger charge is -2.09. The third-order valence-electron chi connectivity index (χ3n) is 3.70. The fourth-order valence-electron chi connectivity index (χ4n) is 2.60. The van der Waals surface area contributed by atoms with E-state index in [0.29, 0.717) is 21.4 Å². The molecule has 0 unspecified atom stereocenters. The Morgan fingerprint density at radius 1 is 1.04 bits per heavy atom. The average Bonchev–Trinajstić information content (AvgIpc) is 2.87. The summed E-state index contributed by atoms with van der Waals surface area (Å²) in [6, 6.07) is 14.9. The van der Waals surface area contributed by atoms with Crippen molar-refractivity contribution in [1.29, 1.82) is 0 Å². The predicted octanol–water partition coefficient (Wildman–Crippen LogP) is 5.05. The molecule has 1 amide bonds. The molecule has 3 aromatic rings. The molecule has 1 aromatic heterocycles. The van der Waals surface area contributed by atoms with Crippen LogP contribution < -0.4 is 5.32 Å². The van der Waals surface area contributed by atoms with Crippen LogP contribution in [0.1, 0.15) is 22.0 Å². The Balaban J connectivity index is 1.96. The normalized spacial score (nSPS) is 10.7. The Hall–Kier alpha value is -2.30. The summed E-state index contributed by atoms with van der Waals surface area (Å²) in [4.78, 5) is 17.0. The van der Waals surface area contributed by atoms with Crippen LogP contribution in [0, 0.1) is 13.8 Å². The van der Waals surface area contributed by atoms with E-state index in [0.717, 1.165) is 17.2 Å². The van der Waals surface area contributed by atoms with Gasteiger partial charge in [0.25, 0.3) is 5.91 Å². The summed E-state index contributed by atoms with van der Waals surface area (Å²) < 4.78 is 1.94. The summed E-state index contributed by atoms with van der Waals surface area (Å²) >= 11 is 12.1. The molecule has 3 rings (SSSR count). The van der Waals surface area contributed by atoms with Crippen LogP contribution in [0.25, 0.3) is 5.69 Å². The minimum atomic E-state index is -0.325. The van der Waals surface area contributed by atoms with Crippen LogP contribution in [0.2, 0.25) is 10.0 Å². The van der Waals surface area contributed by atoms with Gasteiger partial charge in [0.15, 0.2) is 0 Å². The van der Waals surface area contributed by atoms with E-state index < -0.39 is 0 Å². The molecule has 24 heavy (non-hydrogen) atoms. The largest absolute Gasteiger partial charge is 0.319 e. The quantitative estimate of drug-likeness (QED) is 0.711. The van der Waals surface area contributed by atoms with Gasteiger partial charge in [-0.25, -0.2) is 4.98 Å². The topological polar surface area (TPSA) is 46.9 Å². The predicted molar refractivity (Wildman–Crippen MR) is 97.5 cm³/mol. The molecular formula is C18H15Cl2N3O. The average molecular weight is 360 g/mol. The third kappa shape index (κ3) is 3.03. The molecule has 0 saturated carbocycles. The number of aromatic nitrogens is 2. The monoisotopic (exact) mass is 359 g/mol. The molecule has 0 aliphatic carbocycles. The lowest BCUT2D eigenvalue weighted by molar-refractivity contribution is 0.102. The van der Waals surface area contributed by atoms with E-state index in [1.807, 2.05) is 48.7 Å². The Morgan fingerprint density at radius 3 is 2.46 bits per heavy atom. The molecule has 1 heterocycles. The van der Waals surface area contributed by atoms with Crippen LogP contribution >= 0.6 is 23.2 Å². The van der Waals surface area contributed by atoms with Gasteiger partial charge in [-0.3, -0.25) is 4.79 Å². The van der Waals surface area contributed by atoms with Crippen LogP contribution in [0.3, 0.4) is 0 Å². The maximum atomic E-state index is 12.6. The maximum absolute atomic E-state index is 12.6. The minimum Gasteiger partial charge on any atom is -0.319 e. The number of carbonyl (C=O) groups is 1. The number of hydrogen-bond donors (Lipinski definition) is 1. The number of aryl methyl sites for hydroxylation is 1. The van der Waals surface area contributed by atoms with Crippen molar-refractivity contribution < 1.29 is 4.79 Å². The molecule has 0 atom stereocenters. The molecule has 0 saturated heterocycles. The first kappa shape index (κ1) is 16.6. The van der Waals surface area contributed by atoms with E-state index in [-0.39, 0.29) is 5.91 Å². The number of benzene rings is 2. The zero-order valence-electron chi connectivity index (χ0n) is 13.2. The van der Waals surface area contributed by atoms with E-state index in [9.17, 15) is 4.79 Å². The molecule has 2 aromatic carbocycles. The van der Waals surface area contributed by atoms with Crippen LogP contribution in [0.15, 0.2) is 48.5 Å². The number of halogens is 2. The molecule has 0 aliphatic rings. The molecule has 122 valence electrons. The Kier molecular flexibility index (Phi) is 4.60. The van der Waals surface area contributed by atoms with Gasteiger partial charge in [0.05, 0.1) is 21.4 Å². The number of hydrogen-bond acceptors (Lipinski definition) is 2. The number of para-hydroxylation sites is 1. The maximum Gasteiger partial charge on any atom is 0.276 e. The van der Waals surface area contributed by atoms with Crippen molar-refractivity contribution in [3.63, 3.8) is 0 Å². The highest BCUT2D eigenvalue weighted by Crippen LogP contribution is 2.30. The highest BCUT2D eigenvalue weighted by Gasteiger charge is 2.19. The Labute approximate surface area is 150 Å². The van der Waals surface area contributed by atoms with Crippen LogP contribution in [-0.4, -0.2) is 15.5 Å². The number of imidazole rings is 1. The number of carbonyl (C=O) groups excluding carboxylic acids is 1. The number of anilines is 1. The molecule has 0 bridgehead atoms. The van der Waals surface area contributed by atoms with Crippen LogP contribution in [0.5, 0.6) is 0 Å². The van der Waals surface area contributed by atoms with Gasteiger partial charge in [-0.2, -0.15) is 0 Å².